The van der Waals surface area contributed by atoms with Crippen LogP contribution in [-0.2, 0) is 0 Å². The molecule has 0 radical (unpaired) electrons. The zero-order valence-corrected chi connectivity index (χ0v) is 12.1. The predicted molar refractivity (Wildman–Crippen MR) is 77.5 cm³/mol. The maximum atomic E-state index is 11.2. The molecule has 0 amide bonds. The Balaban J connectivity index is 2.16. The average molecular weight is 293 g/mol. The number of nitrogens with zero attached hydrogens (tertiary/aromatic N) is 2. The molecule has 1 saturated carbocycles. The zero-order valence-electron chi connectivity index (χ0n) is 12.1. The number of carboxylic acid groups (broad SMARTS) is 1. The Kier molecular flexibility index (Phi) is 4.11. The van der Waals surface area contributed by atoms with Gasteiger partial charge in [-0.3, -0.25) is 10.1 Å². The van der Waals surface area contributed by atoms with E-state index in [1.807, 2.05) is 0 Å². The predicted octanol–water partition coefficient (Wildman–Crippen LogP) is 3.07. The van der Waals surface area contributed by atoms with Gasteiger partial charge in [-0.1, -0.05) is 13.8 Å². The van der Waals surface area contributed by atoms with E-state index in [0.29, 0.717) is 5.41 Å². The van der Waals surface area contributed by atoms with Crippen molar-refractivity contribution >= 4 is 17.5 Å². The molecule has 1 heterocycles. The smallest absolute Gasteiger partial charge is 0.339 e. The summed E-state index contributed by atoms with van der Waals surface area (Å²) in [5.41, 5.74) is -0.159. The third kappa shape index (κ3) is 3.68. The first-order chi connectivity index (χ1) is 9.78. The molecule has 1 aromatic heterocycles. The lowest BCUT2D eigenvalue weighted by Crippen LogP contribution is -2.30. The number of carboxylic acids is 1. The highest BCUT2D eigenvalue weighted by Gasteiger charge is 2.28. The number of nitrogens with one attached hydrogen (secondary N) is 1. The van der Waals surface area contributed by atoms with E-state index in [9.17, 15) is 20.0 Å². The van der Waals surface area contributed by atoms with Crippen LogP contribution in [-0.4, -0.2) is 27.0 Å². The maximum Gasteiger partial charge on any atom is 0.339 e. The first-order valence-corrected chi connectivity index (χ1v) is 6.93. The molecule has 21 heavy (non-hydrogen) atoms. The molecule has 1 aliphatic rings. The SMILES string of the molecule is CC1(C)CCC(Nc2ncc([N+](=O)[O-])cc2C(=O)O)CC1. The molecule has 0 aliphatic heterocycles. The summed E-state index contributed by atoms with van der Waals surface area (Å²) in [7, 11) is 0. The average Bonchev–Trinajstić information content (AvgIpc) is 2.41. The Hall–Kier alpha value is -2.18. The number of rotatable bonds is 4. The third-order valence-electron chi connectivity index (χ3n) is 3.99. The number of hydrogen-bond donors (Lipinski definition) is 2. The highest BCUT2D eigenvalue weighted by atomic mass is 16.6. The van der Waals surface area contributed by atoms with Gasteiger partial charge in [0.15, 0.2) is 0 Å². The van der Waals surface area contributed by atoms with Gasteiger partial charge in [0.25, 0.3) is 5.69 Å². The molecule has 7 heteroatoms. The lowest BCUT2D eigenvalue weighted by atomic mass is 9.75. The number of nitro groups is 1. The van der Waals surface area contributed by atoms with Crippen LogP contribution in [0.1, 0.15) is 49.9 Å². The largest absolute Gasteiger partial charge is 0.478 e. The van der Waals surface area contributed by atoms with E-state index in [2.05, 4.69) is 24.1 Å². The minimum atomic E-state index is -1.22. The second kappa shape index (κ2) is 5.67. The van der Waals surface area contributed by atoms with Crippen LogP contribution < -0.4 is 5.32 Å². The Bertz CT molecular complexity index is 561. The van der Waals surface area contributed by atoms with E-state index >= 15 is 0 Å². The molecule has 0 unspecified atom stereocenters. The minimum Gasteiger partial charge on any atom is -0.478 e. The molecule has 1 fully saturated rings. The van der Waals surface area contributed by atoms with Crippen molar-refractivity contribution in [1.82, 2.24) is 4.98 Å². The van der Waals surface area contributed by atoms with E-state index in [4.69, 9.17) is 0 Å². The van der Waals surface area contributed by atoms with Gasteiger partial charge in [0.1, 0.15) is 17.6 Å². The summed E-state index contributed by atoms with van der Waals surface area (Å²) in [5, 5.41) is 23.0. The van der Waals surface area contributed by atoms with Gasteiger partial charge in [-0.15, -0.1) is 0 Å². The summed E-state index contributed by atoms with van der Waals surface area (Å²) in [6.07, 6.45) is 5.07. The first-order valence-electron chi connectivity index (χ1n) is 6.93. The second-order valence-electron chi connectivity index (χ2n) is 6.23. The number of hydrogen-bond acceptors (Lipinski definition) is 5. The molecule has 1 aliphatic carbocycles. The number of aromatic carboxylic acids is 1. The molecule has 7 nitrogen and oxygen atoms in total. The summed E-state index contributed by atoms with van der Waals surface area (Å²) in [6.45, 7) is 4.44. The zero-order chi connectivity index (χ0) is 15.6. The highest BCUT2D eigenvalue weighted by Crippen LogP contribution is 2.36. The molecular formula is C14H19N3O4. The Morgan fingerprint density at radius 3 is 2.62 bits per heavy atom. The second-order valence-corrected chi connectivity index (χ2v) is 6.23. The molecule has 0 atom stereocenters. The van der Waals surface area contributed by atoms with Crippen molar-refractivity contribution in [3.63, 3.8) is 0 Å². The quantitative estimate of drug-likeness (QED) is 0.652. The molecule has 0 saturated heterocycles. The summed E-state index contributed by atoms with van der Waals surface area (Å²) >= 11 is 0. The molecule has 2 rings (SSSR count). The summed E-state index contributed by atoms with van der Waals surface area (Å²) in [6, 6.07) is 1.20. The van der Waals surface area contributed by atoms with Gasteiger partial charge in [0.05, 0.1) is 4.92 Å². The Morgan fingerprint density at radius 1 is 1.48 bits per heavy atom. The number of aromatic nitrogens is 1. The standard InChI is InChI=1S/C14H19N3O4/c1-14(2)5-3-9(4-6-14)16-12-11(13(18)19)7-10(8-15-12)17(20)21/h7-9H,3-6H2,1-2H3,(H,15,16)(H,18,19). The summed E-state index contributed by atoms with van der Waals surface area (Å²) in [4.78, 5) is 25.2. The topological polar surface area (TPSA) is 105 Å². The lowest BCUT2D eigenvalue weighted by Gasteiger charge is -2.34. The van der Waals surface area contributed by atoms with Crippen LogP contribution in [0.2, 0.25) is 0 Å². The minimum absolute atomic E-state index is 0.157. The molecule has 114 valence electrons. The Labute approximate surface area is 122 Å². The van der Waals surface area contributed by atoms with Crippen LogP contribution in [0, 0.1) is 15.5 Å². The van der Waals surface area contributed by atoms with Gasteiger partial charge in [-0.25, -0.2) is 9.78 Å². The van der Waals surface area contributed by atoms with Crippen molar-refractivity contribution in [1.29, 1.82) is 0 Å². The van der Waals surface area contributed by atoms with Crippen LogP contribution in [0.4, 0.5) is 11.5 Å². The van der Waals surface area contributed by atoms with E-state index in [1.54, 1.807) is 0 Å². The first kappa shape index (κ1) is 15.2. The van der Waals surface area contributed by atoms with Crippen molar-refractivity contribution in [3.05, 3.63) is 27.9 Å². The highest BCUT2D eigenvalue weighted by molar-refractivity contribution is 5.93. The Morgan fingerprint density at radius 2 is 2.10 bits per heavy atom. The molecule has 2 N–H and O–H groups in total. The van der Waals surface area contributed by atoms with Crippen molar-refractivity contribution in [2.75, 3.05) is 5.32 Å². The molecule has 1 aromatic rings. The fourth-order valence-electron chi connectivity index (χ4n) is 2.57. The summed E-state index contributed by atoms with van der Waals surface area (Å²) < 4.78 is 0. The fourth-order valence-corrected chi connectivity index (χ4v) is 2.57. The van der Waals surface area contributed by atoms with Gasteiger partial charge in [0.2, 0.25) is 0 Å². The van der Waals surface area contributed by atoms with E-state index < -0.39 is 10.9 Å². The van der Waals surface area contributed by atoms with Crippen molar-refractivity contribution < 1.29 is 14.8 Å². The van der Waals surface area contributed by atoms with Gasteiger partial charge in [0, 0.05) is 12.1 Å². The van der Waals surface area contributed by atoms with Crippen LogP contribution in [0.15, 0.2) is 12.3 Å². The third-order valence-corrected chi connectivity index (χ3v) is 3.99. The monoisotopic (exact) mass is 293 g/mol. The lowest BCUT2D eigenvalue weighted by molar-refractivity contribution is -0.385. The van der Waals surface area contributed by atoms with E-state index in [0.717, 1.165) is 37.9 Å². The van der Waals surface area contributed by atoms with Crippen molar-refractivity contribution in [2.45, 2.75) is 45.6 Å². The van der Waals surface area contributed by atoms with E-state index in [-0.39, 0.29) is 23.1 Å². The van der Waals surface area contributed by atoms with Crippen molar-refractivity contribution in [2.24, 2.45) is 5.41 Å². The normalized spacial score (nSPS) is 18.2. The van der Waals surface area contributed by atoms with E-state index in [1.165, 1.54) is 0 Å². The summed E-state index contributed by atoms with van der Waals surface area (Å²) in [5.74, 6) is -1.01. The maximum absolute atomic E-state index is 11.2. The van der Waals surface area contributed by atoms with Gasteiger partial charge < -0.3 is 10.4 Å². The van der Waals surface area contributed by atoms with Crippen LogP contribution in [0.5, 0.6) is 0 Å². The van der Waals surface area contributed by atoms with Crippen molar-refractivity contribution in [3.8, 4) is 0 Å². The fraction of sp³-hybridized carbons (Fsp3) is 0.571. The number of anilines is 1. The number of pyridine rings is 1. The van der Waals surface area contributed by atoms with Gasteiger partial charge in [-0.2, -0.15) is 0 Å². The molecular weight excluding hydrogens is 274 g/mol. The molecule has 0 aromatic carbocycles. The number of carbonyl (C=O) groups is 1. The molecule has 0 bridgehead atoms. The van der Waals surface area contributed by atoms with Crippen LogP contribution in [0.25, 0.3) is 0 Å². The van der Waals surface area contributed by atoms with Crippen LogP contribution in [0.3, 0.4) is 0 Å². The van der Waals surface area contributed by atoms with Gasteiger partial charge in [-0.05, 0) is 31.1 Å². The van der Waals surface area contributed by atoms with Gasteiger partial charge >= 0.3 is 5.97 Å². The van der Waals surface area contributed by atoms with Crippen LogP contribution >= 0.6 is 0 Å². The molecule has 0 spiro atoms.